The average molecular weight is 246 g/mol. The number of piperidine rings is 1. The molecule has 18 heavy (non-hydrogen) atoms. The molecule has 100 valence electrons. The highest BCUT2D eigenvalue weighted by Gasteiger charge is 2.24. The summed E-state index contributed by atoms with van der Waals surface area (Å²) in [5.41, 5.74) is 7.35. The lowest BCUT2D eigenvalue weighted by Gasteiger charge is -2.39. The van der Waals surface area contributed by atoms with Gasteiger partial charge in [-0.25, -0.2) is 0 Å². The van der Waals surface area contributed by atoms with Crippen molar-refractivity contribution in [3.8, 4) is 0 Å². The van der Waals surface area contributed by atoms with Crippen molar-refractivity contribution < 1.29 is 0 Å². The number of nitrogens with two attached hydrogens (primary N) is 1. The minimum atomic E-state index is 0.615. The molecule has 1 saturated heterocycles. The topological polar surface area (TPSA) is 29.3 Å². The lowest BCUT2D eigenvalue weighted by atomic mass is 9.97. The number of likely N-dealkylation sites (tertiary alicyclic amines) is 1. The van der Waals surface area contributed by atoms with Gasteiger partial charge in [-0.15, -0.1) is 0 Å². The first-order chi connectivity index (χ1) is 8.81. The molecule has 1 fully saturated rings. The largest absolute Gasteiger partial charge is 0.329 e. The Morgan fingerprint density at radius 2 is 2.06 bits per heavy atom. The first-order valence-corrected chi connectivity index (χ1v) is 7.31. The van der Waals surface area contributed by atoms with Crippen molar-refractivity contribution in [2.24, 2.45) is 5.73 Å². The van der Waals surface area contributed by atoms with Crippen LogP contribution >= 0.6 is 0 Å². The molecule has 0 saturated carbocycles. The zero-order valence-corrected chi connectivity index (χ0v) is 11.5. The maximum atomic E-state index is 5.90. The second-order valence-electron chi connectivity index (χ2n) is 5.50. The van der Waals surface area contributed by atoms with Gasteiger partial charge in [-0.2, -0.15) is 0 Å². The van der Waals surface area contributed by atoms with Crippen LogP contribution in [0.2, 0.25) is 0 Å². The van der Waals surface area contributed by atoms with E-state index in [-0.39, 0.29) is 0 Å². The standard InChI is InChI=1S/C16H26N2/c1-14(10-11-15-7-3-2-4-8-15)18-12-6-5-9-16(18)13-17/h2-4,7-8,14,16H,5-6,9-13,17H2,1H3. The lowest BCUT2D eigenvalue weighted by Crippen LogP contribution is -2.48. The molecule has 1 aliphatic rings. The van der Waals surface area contributed by atoms with Crippen molar-refractivity contribution in [1.29, 1.82) is 0 Å². The molecule has 1 aromatic rings. The quantitative estimate of drug-likeness (QED) is 0.865. The van der Waals surface area contributed by atoms with Crippen LogP contribution in [-0.2, 0) is 6.42 Å². The Morgan fingerprint density at radius 3 is 2.78 bits per heavy atom. The van der Waals surface area contributed by atoms with E-state index in [9.17, 15) is 0 Å². The van der Waals surface area contributed by atoms with Gasteiger partial charge in [0.05, 0.1) is 0 Å². The van der Waals surface area contributed by atoms with Crippen molar-refractivity contribution >= 4 is 0 Å². The molecule has 1 aliphatic heterocycles. The van der Waals surface area contributed by atoms with Gasteiger partial charge < -0.3 is 5.73 Å². The molecule has 0 spiro atoms. The molecule has 2 unspecified atom stereocenters. The van der Waals surface area contributed by atoms with Crippen LogP contribution in [0.1, 0.15) is 38.2 Å². The van der Waals surface area contributed by atoms with E-state index in [2.05, 4.69) is 42.2 Å². The SMILES string of the molecule is CC(CCc1ccccc1)N1CCCCC1CN. The van der Waals surface area contributed by atoms with Gasteiger partial charge in [-0.1, -0.05) is 36.8 Å². The zero-order valence-electron chi connectivity index (χ0n) is 11.5. The summed E-state index contributed by atoms with van der Waals surface area (Å²) in [6, 6.07) is 12.1. The molecule has 1 heterocycles. The van der Waals surface area contributed by atoms with Crippen LogP contribution in [-0.4, -0.2) is 30.1 Å². The molecule has 0 bridgehead atoms. The number of aryl methyl sites for hydroxylation is 1. The smallest absolute Gasteiger partial charge is 0.0221 e. The van der Waals surface area contributed by atoms with E-state index in [1.807, 2.05) is 0 Å². The fourth-order valence-electron chi connectivity index (χ4n) is 3.04. The molecule has 2 heteroatoms. The summed E-state index contributed by atoms with van der Waals surface area (Å²) >= 11 is 0. The number of hydrogen-bond donors (Lipinski definition) is 1. The minimum Gasteiger partial charge on any atom is -0.329 e. The second kappa shape index (κ2) is 6.91. The molecule has 2 nitrogen and oxygen atoms in total. The summed E-state index contributed by atoms with van der Waals surface area (Å²) in [6.07, 6.45) is 6.39. The highest BCUT2D eigenvalue weighted by Crippen LogP contribution is 2.21. The maximum Gasteiger partial charge on any atom is 0.0221 e. The average Bonchev–Trinajstić information content (AvgIpc) is 2.45. The van der Waals surface area contributed by atoms with Crippen LogP contribution in [0.25, 0.3) is 0 Å². The number of rotatable bonds is 5. The summed E-state index contributed by atoms with van der Waals surface area (Å²) < 4.78 is 0. The monoisotopic (exact) mass is 246 g/mol. The highest BCUT2D eigenvalue weighted by atomic mass is 15.2. The predicted octanol–water partition coefficient (Wildman–Crippen LogP) is 2.82. The van der Waals surface area contributed by atoms with Gasteiger partial charge in [0, 0.05) is 18.6 Å². The predicted molar refractivity (Wildman–Crippen MR) is 77.6 cm³/mol. The first-order valence-electron chi connectivity index (χ1n) is 7.31. The molecule has 2 atom stereocenters. The van der Waals surface area contributed by atoms with Crippen molar-refractivity contribution in [2.75, 3.05) is 13.1 Å². The van der Waals surface area contributed by atoms with Crippen LogP contribution < -0.4 is 5.73 Å². The van der Waals surface area contributed by atoms with Gasteiger partial charge in [0.25, 0.3) is 0 Å². The van der Waals surface area contributed by atoms with Gasteiger partial charge in [0.1, 0.15) is 0 Å². The van der Waals surface area contributed by atoms with Gasteiger partial charge >= 0.3 is 0 Å². The Kier molecular flexibility index (Phi) is 5.21. The third-order valence-corrected chi connectivity index (χ3v) is 4.20. The van der Waals surface area contributed by atoms with Crippen LogP contribution in [0.4, 0.5) is 0 Å². The Labute approximate surface area is 111 Å². The van der Waals surface area contributed by atoms with E-state index in [1.165, 1.54) is 44.2 Å². The summed E-state index contributed by atoms with van der Waals surface area (Å²) in [5, 5.41) is 0. The van der Waals surface area contributed by atoms with E-state index in [0.29, 0.717) is 12.1 Å². The fourth-order valence-corrected chi connectivity index (χ4v) is 3.04. The van der Waals surface area contributed by atoms with Crippen molar-refractivity contribution in [3.63, 3.8) is 0 Å². The molecule has 0 amide bonds. The van der Waals surface area contributed by atoms with Gasteiger partial charge in [0.15, 0.2) is 0 Å². The van der Waals surface area contributed by atoms with Crippen LogP contribution in [0, 0.1) is 0 Å². The number of nitrogens with zero attached hydrogens (tertiary/aromatic N) is 1. The van der Waals surface area contributed by atoms with Crippen LogP contribution in [0.5, 0.6) is 0 Å². The van der Waals surface area contributed by atoms with E-state index < -0.39 is 0 Å². The molecule has 0 radical (unpaired) electrons. The van der Waals surface area contributed by atoms with Gasteiger partial charge in [-0.05, 0) is 44.7 Å². The van der Waals surface area contributed by atoms with Gasteiger partial charge in [0.2, 0.25) is 0 Å². The van der Waals surface area contributed by atoms with E-state index in [1.54, 1.807) is 0 Å². The molecular formula is C16H26N2. The van der Waals surface area contributed by atoms with Crippen molar-refractivity contribution in [3.05, 3.63) is 35.9 Å². The number of benzene rings is 1. The Balaban J connectivity index is 1.85. The molecule has 1 aromatic carbocycles. The molecule has 0 aliphatic carbocycles. The Hall–Kier alpha value is -0.860. The summed E-state index contributed by atoms with van der Waals surface area (Å²) in [5.74, 6) is 0. The van der Waals surface area contributed by atoms with E-state index >= 15 is 0 Å². The van der Waals surface area contributed by atoms with Crippen molar-refractivity contribution in [1.82, 2.24) is 4.90 Å². The summed E-state index contributed by atoms with van der Waals surface area (Å²) in [7, 11) is 0. The highest BCUT2D eigenvalue weighted by molar-refractivity contribution is 5.14. The molecule has 2 rings (SSSR count). The zero-order chi connectivity index (χ0) is 12.8. The Morgan fingerprint density at radius 1 is 1.28 bits per heavy atom. The van der Waals surface area contributed by atoms with Crippen LogP contribution in [0.3, 0.4) is 0 Å². The number of hydrogen-bond acceptors (Lipinski definition) is 2. The van der Waals surface area contributed by atoms with E-state index in [0.717, 1.165) is 6.54 Å². The second-order valence-corrected chi connectivity index (χ2v) is 5.50. The van der Waals surface area contributed by atoms with E-state index in [4.69, 9.17) is 5.73 Å². The normalized spacial score (nSPS) is 22.9. The third kappa shape index (κ3) is 3.56. The van der Waals surface area contributed by atoms with Gasteiger partial charge in [-0.3, -0.25) is 4.90 Å². The van der Waals surface area contributed by atoms with Crippen LogP contribution in [0.15, 0.2) is 30.3 Å². The molecule has 0 aromatic heterocycles. The lowest BCUT2D eigenvalue weighted by molar-refractivity contribution is 0.103. The fraction of sp³-hybridized carbons (Fsp3) is 0.625. The summed E-state index contributed by atoms with van der Waals surface area (Å²) in [6.45, 7) is 4.41. The molecular weight excluding hydrogens is 220 g/mol. The molecule has 2 N–H and O–H groups in total. The maximum absolute atomic E-state index is 5.90. The third-order valence-electron chi connectivity index (χ3n) is 4.20. The summed E-state index contributed by atoms with van der Waals surface area (Å²) in [4.78, 5) is 2.63. The van der Waals surface area contributed by atoms with Crippen molar-refractivity contribution in [2.45, 2.75) is 51.1 Å². The first kappa shape index (κ1) is 13.6. The minimum absolute atomic E-state index is 0.615. The Bertz CT molecular complexity index is 336.